The van der Waals surface area contributed by atoms with E-state index in [-0.39, 0.29) is 0 Å². The number of halogens is 1. The first-order valence-corrected chi connectivity index (χ1v) is 6.34. The van der Waals surface area contributed by atoms with E-state index in [0.29, 0.717) is 4.83 Å². The standard InChI is InChI=1S/C13H14BrN/c14-13-7-5-12(6-8-13)11-3-1-10(9-15)2-4-11/h1,3,5,13H,2,4,6-8H2. The Morgan fingerprint density at radius 1 is 1.20 bits per heavy atom. The monoisotopic (exact) mass is 263 g/mol. The third-order valence-corrected chi connectivity index (χ3v) is 3.88. The van der Waals surface area contributed by atoms with Crippen LogP contribution < -0.4 is 0 Å². The summed E-state index contributed by atoms with van der Waals surface area (Å²) in [6.45, 7) is 0. The molecule has 0 radical (unpaired) electrons. The summed E-state index contributed by atoms with van der Waals surface area (Å²) in [5.41, 5.74) is 3.85. The maximum absolute atomic E-state index is 8.75. The van der Waals surface area contributed by atoms with Gasteiger partial charge in [-0.2, -0.15) is 5.26 Å². The molecule has 1 unspecified atom stereocenters. The van der Waals surface area contributed by atoms with E-state index in [1.54, 1.807) is 0 Å². The summed E-state index contributed by atoms with van der Waals surface area (Å²) in [5, 5.41) is 8.75. The van der Waals surface area contributed by atoms with E-state index in [2.05, 4.69) is 34.2 Å². The molecule has 0 saturated heterocycles. The molecule has 78 valence electrons. The van der Waals surface area contributed by atoms with Crippen LogP contribution in [-0.4, -0.2) is 4.83 Å². The molecule has 15 heavy (non-hydrogen) atoms. The molecule has 0 spiro atoms. The minimum atomic E-state index is 0.663. The van der Waals surface area contributed by atoms with E-state index in [9.17, 15) is 0 Å². The fraction of sp³-hybridized carbons (Fsp3) is 0.462. The van der Waals surface area contributed by atoms with Crippen molar-refractivity contribution in [2.75, 3.05) is 0 Å². The average Bonchev–Trinajstić information content (AvgIpc) is 2.30. The predicted molar refractivity (Wildman–Crippen MR) is 65.7 cm³/mol. The van der Waals surface area contributed by atoms with Crippen molar-refractivity contribution < 1.29 is 0 Å². The lowest BCUT2D eigenvalue weighted by atomic mass is 9.87. The molecule has 0 heterocycles. The lowest BCUT2D eigenvalue weighted by Gasteiger charge is -2.20. The van der Waals surface area contributed by atoms with Crippen molar-refractivity contribution in [2.45, 2.75) is 36.9 Å². The van der Waals surface area contributed by atoms with Gasteiger partial charge in [-0.3, -0.25) is 0 Å². The van der Waals surface area contributed by atoms with Crippen molar-refractivity contribution in [2.24, 2.45) is 0 Å². The maximum Gasteiger partial charge on any atom is 0.0947 e. The van der Waals surface area contributed by atoms with Gasteiger partial charge in [-0.05, 0) is 49.3 Å². The van der Waals surface area contributed by atoms with Gasteiger partial charge in [-0.25, -0.2) is 0 Å². The van der Waals surface area contributed by atoms with Crippen LogP contribution in [0.3, 0.4) is 0 Å². The van der Waals surface area contributed by atoms with Crippen molar-refractivity contribution in [1.29, 1.82) is 5.26 Å². The zero-order valence-electron chi connectivity index (χ0n) is 8.67. The van der Waals surface area contributed by atoms with Crippen LogP contribution in [0, 0.1) is 11.3 Å². The lowest BCUT2D eigenvalue weighted by molar-refractivity contribution is 0.722. The molecule has 0 amide bonds. The van der Waals surface area contributed by atoms with Gasteiger partial charge < -0.3 is 0 Å². The topological polar surface area (TPSA) is 23.8 Å². The first-order chi connectivity index (χ1) is 7.29. The van der Waals surface area contributed by atoms with Gasteiger partial charge in [0, 0.05) is 10.4 Å². The largest absolute Gasteiger partial charge is 0.193 e. The number of hydrogen-bond donors (Lipinski definition) is 0. The molecule has 0 fully saturated rings. The Bertz CT molecular complexity index is 382. The Morgan fingerprint density at radius 2 is 2.07 bits per heavy atom. The van der Waals surface area contributed by atoms with Crippen LogP contribution in [0.1, 0.15) is 32.1 Å². The summed E-state index contributed by atoms with van der Waals surface area (Å²) in [6, 6.07) is 2.22. The van der Waals surface area contributed by atoms with E-state index in [1.807, 2.05) is 6.08 Å². The second-order valence-electron chi connectivity index (χ2n) is 4.10. The maximum atomic E-state index is 8.75. The number of rotatable bonds is 1. The van der Waals surface area contributed by atoms with Crippen LogP contribution in [0.2, 0.25) is 0 Å². The Labute approximate surface area is 99.3 Å². The minimum absolute atomic E-state index is 0.663. The van der Waals surface area contributed by atoms with Gasteiger partial charge in [0.15, 0.2) is 0 Å². The van der Waals surface area contributed by atoms with Crippen LogP contribution in [0.15, 0.2) is 34.9 Å². The van der Waals surface area contributed by atoms with E-state index in [0.717, 1.165) is 24.8 Å². The SMILES string of the molecule is N#CC1=CC=C(C2=CCC(Br)CC2)CC1. The molecule has 2 heteroatoms. The van der Waals surface area contributed by atoms with Gasteiger partial charge in [-0.1, -0.05) is 28.1 Å². The average molecular weight is 264 g/mol. The highest BCUT2D eigenvalue weighted by Crippen LogP contribution is 2.32. The molecule has 0 aromatic rings. The Balaban J connectivity index is 2.11. The van der Waals surface area contributed by atoms with Gasteiger partial charge in [0.2, 0.25) is 0 Å². The number of allylic oxidation sites excluding steroid dienone is 6. The molecular weight excluding hydrogens is 250 g/mol. The Hall–Kier alpha value is -0.810. The van der Waals surface area contributed by atoms with Crippen LogP contribution in [0.4, 0.5) is 0 Å². The summed E-state index contributed by atoms with van der Waals surface area (Å²) >= 11 is 3.64. The van der Waals surface area contributed by atoms with Gasteiger partial charge in [0.25, 0.3) is 0 Å². The van der Waals surface area contributed by atoms with Crippen LogP contribution in [-0.2, 0) is 0 Å². The zero-order valence-corrected chi connectivity index (χ0v) is 10.3. The van der Waals surface area contributed by atoms with Crippen molar-refractivity contribution in [3.8, 4) is 6.07 Å². The summed E-state index contributed by atoms with van der Waals surface area (Å²) in [6.07, 6.45) is 12.0. The van der Waals surface area contributed by atoms with Gasteiger partial charge >= 0.3 is 0 Å². The number of alkyl halides is 1. The predicted octanol–water partition coefficient (Wildman–Crippen LogP) is 4.03. The first kappa shape index (κ1) is 10.7. The normalized spacial score (nSPS) is 26.1. The molecule has 2 rings (SSSR count). The Morgan fingerprint density at radius 3 is 2.60 bits per heavy atom. The molecule has 0 N–H and O–H groups in total. The quantitative estimate of drug-likeness (QED) is 0.656. The van der Waals surface area contributed by atoms with E-state index < -0.39 is 0 Å². The summed E-state index contributed by atoms with van der Waals surface area (Å²) in [4.78, 5) is 0.663. The van der Waals surface area contributed by atoms with Gasteiger partial charge in [0.05, 0.1) is 6.07 Å². The molecule has 0 saturated carbocycles. The first-order valence-electron chi connectivity index (χ1n) is 5.43. The minimum Gasteiger partial charge on any atom is -0.193 e. The Kier molecular flexibility index (Phi) is 3.43. The highest BCUT2D eigenvalue weighted by Gasteiger charge is 2.15. The molecule has 1 atom stereocenters. The van der Waals surface area contributed by atoms with E-state index in [1.165, 1.54) is 24.0 Å². The highest BCUT2D eigenvalue weighted by atomic mass is 79.9. The molecule has 0 bridgehead atoms. The van der Waals surface area contributed by atoms with Crippen molar-refractivity contribution in [1.82, 2.24) is 0 Å². The third kappa shape index (κ3) is 2.60. The van der Waals surface area contributed by atoms with Crippen LogP contribution in [0.5, 0.6) is 0 Å². The molecule has 0 aromatic carbocycles. The summed E-state index contributed by atoms with van der Waals surface area (Å²) in [5.74, 6) is 0. The lowest BCUT2D eigenvalue weighted by Crippen LogP contribution is -2.06. The summed E-state index contributed by atoms with van der Waals surface area (Å²) < 4.78 is 0. The molecule has 2 aliphatic carbocycles. The smallest absolute Gasteiger partial charge is 0.0947 e. The van der Waals surface area contributed by atoms with E-state index >= 15 is 0 Å². The molecule has 2 aliphatic rings. The van der Waals surface area contributed by atoms with E-state index in [4.69, 9.17) is 5.26 Å². The van der Waals surface area contributed by atoms with Crippen LogP contribution in [0.25, 0.3) is 0 Å². The highest BCUT2D eigenvalue weighted by molar-refractivity contribution is 9.09. The number of nitrogens with zero attached hydrogens (tertiary/aromatic N) is 1. The number of nitriles is 1. The molecule has 0 aliphatic heterocycles. The fourth-order valence-corrected chi connectivity index (χ4v) is 2.51. The molecule has 1 nitrogen and oxygen atoms in total. The fourth-order valence-electron chi connectivity index (χ4n) is 2.09. The van der Waals surface area contributed by atoms with Crippen molar-refractivity contribution in [3.05, 3.63) is 34.9 Å². The molecule has 0 aromatic heterocycles. The number of hydrogen-bond acceptors (Lipinski definition) is 1. The van der Waals surface area contributed by atoms with Crippen LogP contribution >= 0.6 is 15.9 Å². The summed E-state index contributed by atoms with van der Waals surface area (Å²) in [7, 11) is 0. The molecular formula is C13H14BrN. The van der Waals surface area contributed by atoms with Crippen molar-refractivity contribution in [3.63, 3.8) is 0 Å². The van der Waals surface area contributed by atoms with Crippen molar-refractivity contribution >= 4 is 15.9 Å². The second kappa shape index (κ2) is 4.81. The zero-order chi connectivity index (χ0) is 10.7. The van der Waals surface area contributed by atoms with Gasteiger partial charge in [-0.15, -0.1) is 0 Å². The third-order valence-electron chi connectivity index (χ3n) is 3.05. The second-order valence-corrected chi connectivity index (χ2v) is 5.39. The van der Waals surface area contributed by atoms with Gasteiger partial charge in [0.1, 0.15) is 0 Å².